The molecule has 3 fully saturated rings. The van der Waals surface area contributed by atoms with Gasteiger partial charge in [0.1, 0.15) is 0 Å². The summed E-state index contributed by atoms with van der Waals surface area (Å²) in [5, 5.41) is 6.64. The van der Waals surface area contributed by atoms with E-state index >= 15 is 0 Å². The van der Waals surface area contributed by atoms with Crippen LogP contribution in [0.3, 0.4) is 0 Å². The van der Waals surface area contributed by atoms with E-state index in [1.165, 1.54) is 37.2 Å². The van der Waals surface area contributed by atoms with E-state index < -0.39 is 0 Å². The Morgan fingerprint density at radius 2 is 2.10 bits per heavy atom. The molecule has 2 unspecified atom stereocenters. The van der Waals surface area contributed by atoms with Crippen molar-refractivity contribution < 1.29 is 4.79 Å². The number of piperidine rings is 1. The molecule has 0 spiro atoms. The number of hydrogen-bond acceptors (Lipinski definition) is 4. The summed E-state index contributed by atoms with van der Waals surface area (Å²) in [5.74, 6) is 3.49. The van der Waals surface area contributed by atoms with Crippen LogP contribution in [0.1, 0.15) is 32.1 Å². The van der Waals surface area contributed by atoms with Gasteiger partial charge in [-0.3, -0.25) is 9.69 Å². The van der Waals surface area contributed by atoms with Crippen LogP contribution in [0.5, 0.6) is 0 Å². The fraction of sp³-hybridized carbons (Fsp3) is 0.933. The highest BCUT2D eigenvalue weighted by atomic mass is 32.2. The molecule has 0 aromatic carbocycles. The normalized spacial score (nSPS) is 32.6. The maximum absolute atomic E-state index is 12.5. The van der Waals surface area contributed by atoms with Gasteiger partial charge in [-0.25, -0.2) is 0 Å². The number of nitrogens with zero attached hydrogens (tertiary/aromatic N) is 1. The standard InChI is InChI=1S/C15H27N3OS/c19-15(17-10-12-5-9-20-11-12)14-2-1-8-18(14)13-3-6-16-7-4-13/h12-14,16H,1-11H2,(H,17,19). The number of hydrogen-bond donors (Lipinski definition) is 2. The van der Waals surface area contributed by atoms with Gasteiger partial charge in [0.05, 0.1) is 6.04 Å². The second kappa shape index (κ2) is 7.14. The molecule has 4 nitrogen and oxygen atoms in total. The molecule has 0 saturated carbocycles. The lowest BCUT2D eigenvalue weighted by molar-refractivity contribution is -0.126. The first kappa shape index (κ1) is 14.7. The summed E-state index contributed by atoms with van der Waals surface area (Å²) in [5.41, 5.74) is 0. The van der Waals surface area contributed by atoms with Crippen LogP contribution in [0.4, 0.5) is 0 Å². The maximum atomic E-state index is 12.5. The molecular weight excluding hydrogens is 270 g/mol. The Hall–Kier alpha value is -0.260. The van der Waals surface area contributed by atoms with Crippen molar-refractivity contribution in [2.45, 2.75) is 44.2 Å². The highest BCUT2D eigenvalue weighted by molar-refractivity contribution is 7.99. The minimum atomic E-state index is 0.146. The van der Waals surface area contributed by atoms with Crippen LogP contribution in [0.25, 0.3) is 0 Å². The van der Waals surface area contributed by atoms with Crippen molar-refractivity contribution in [1.29, 1.82) is 0 Å². The number of amides is 1. The van der Waals surface area contributed by atoms with E-state index in [1.54, 1.807) is 0 Å². The van der Waals surface area contributed by atoms with E-state index in [0.717, 1.165) is 32.6 Å². The summed E-state index contributed by atoms with van der Waals surface area (Å²) >= 11 is 2.02. The van der Waals surface area contributed by atoms with E-state index in [2.05, 4.69) is 15.5 Å². The first-order chi connectivity index (χ1) is 9.84. The summed E-state index contributed by atoms with van der Waals surface area (Å²) in [4.78, 5) is 15.0. The molecule has 20 heavy (non-hydrogen) atoms. The van der Waals surface area contributed by atoms with Crippen molar-refractivity contribution in [3.63, 3.8) is 0 Å². The third kappa shape index (κ3) is 3.49. The van der Waals surface area contributed by atoms with Crippen molar-refractivity contribution in [2.24, 2.45) is 5.92 Å². The fourth-order valence-corrected chi connectivity index (χ4v) is 5.04. The summed E-state index contributed by atoms with van der Waals surface area (Å²) in [6.45, 7) is 4.22. The Bertz CT molecular complexity index is 327. The molecule has 1 amide bonds. The Labute approximate surface area is 126 Å². The fourth-order valence-electron chi connectivity index (χ4n) is 3.75. The quantitative estimate of drug-likeness (QED) is 0.815. The van der Waals surface area contributed by atoms with Crippen molar-refractivity contribution >= 4 is 17.7 Å². The molecule has 114 valence electrons. The molecule has 0 bridgehead atoms. The molecule has 0 aromatic heterocycles. The topological polar surface area (TPSA) is 44.4 Å². The Balaban J connectivity index is 1.49. The van der Waals surface area contributed by atoms with Gasteiger partial charge in [-0.2, -0.15) is 11.8 Å². The van der Waals surface area contributed by atoms with Crippen LogP contribution in [0.2, 0.25) is 0 Å². The lowest BCUT2D eigenvalue weighted by Crippen LogP contribution is -2.51. The predicted molar refractivity (Wildman–Crippen MR) is 84.1 cm³/mol. The highest BCUT2D eigenvalue weighted by Gasteiger charge is 2.35. The van der Waals surface area contributed by atoms with E-state index in [0.29, 0.717) is 12.0 Å². The van der Waals surface area contributed by atoms with E-state index in [9.17, 15) is 4.79 Å². The molecule has 0 radical (unpaired) electrons. The molecule has 0 aliphatic carbocycles. The predicted octanol–water partition coefficient (Wildman–Crippen LogP) is 1.07. The summed E-state index contributed by atoms with van der Waals surface area (Å²) in [6, 6.07) is 0.767. The van der Waals surface area contributed by atoms with E-state index in [-0.39, 0.29) is 11.9 Å². The second-order valence-electron chi connectivity index (χ2n) is 6.35. The average molecular weight is 297 g/mol. The van der Waals surface area contributed by atoms with Gasteiger partial charge in [0.2, 0.25) is 5.91 Å². The van der Waals surface area contributed by atoms with Gasteiger partial charge in [-0.15, -0.1) is 0 Å². The molecular formula is C15H27N3OS. The van der Waals surface area contributed by atoms with Crippen LogP contribution < -0.4 is 10.6 Å². The molecule has 3 saturated heterocycles. The first-order valence-corrected chi connectivity index (χ1v) is 9.32. The number of nitrogens with one attached hydrogen (secondary N) is 2. The smallest absolute Gasteiger partial charge is 0.237 e. The lowest BCUT2D eigenvalue weighted by atomic mass is 10.0. The van der Waals surface area contributed by atoms with Crippen LogP contribution >= 0.6 is 11.8 Å². The number of carbonyl (C=O) groups excluding carboxylic acids is 1. The zero-order valence-electron chi connectivity index (χ0n) is 12.3. The zero-order chi connectivity index (χ0) is 13.8. The zero-order valence-corrected chi connectivity index (χ0v) is 13.1. The van der Waals surface area contributed by atoms with Gasteiger partial charge in [0.25, 0.3) is 0 Å². The molecule has 0 aromatic rings. The molecule has 3 aliphatic heterocycles. The minimum Gasteiger partial charge on any atom is -0.354 e. The van der Waals surface area contributed by atoms with Crippen molar-refractivity contribution in [2.75, 3.05) is 37.7 Å². The lowest BCUT2D eigenvalue weighted by Gasteiger charge is -2.35. The molecule has 2 N–H and O–H groups in total. The number of likely N-dealkylation sites (tertiary alicyclic amines) is 1. The van der Waals surface area contributed by atoms with E-state index in [1.807, 2.05) is 11.8 Å². The monoisotopic (exact) mass is 297 g/mol. The van der Waals surface area contributed by atoms with Gasteiger partial charge in [-0.1, -0.05) is 0 Å². The Morgan fingerprint density at radius 3 is 2.85 bits per heavy atom. The third-order valence-electron chi connectivity index (χ3n) is 4.96. The minimum absolute atomic E-state index is 0.146. The molecule has 3 rings (SSSR count). The average Bonchev–Trinajstić information content (AvgIpc) is 3.17. The van der Waals surface area contributed by atoms with Gasteiger partial charge >= 0.3 is 0 Å². The summed E-state index contributed by atoms with van der Waals surface area (Å²) in [6.07, 6.45) is 5.90. The Kier molecular flexibility index (Phi) is 5.24. The molecule has 5 heteroatoms. The summed E-state index contributed by atoms with van der Waals surface area (Å²) in [7, 11) is 0. The SMILES string of the molecule is O=C(NCC1CCSC1)C1CCCN1C1CCNCC1. The third-order valence-corrected chi connectivity index (χ3v) is 6.19. The van der Waals surface area contributed by atoms with Crippen LogP contribution in [-0.4, -0.2) is 60.6 Å². The van der Waals surface area contributed by atoms with Gasteiger partial charge in [0.15, 0.2) is 0 Å². The van der Waals surface area contributed by atoms with Crippen molar-refractivity contribution in [1.82, 2.24) is 15.5 Å². The van der Waals surface area contributed by atoms with Gasteiger partial charge in [0, 0.05) is 12.6 Å². The summed E-state index contributed by atoms with van der Waals surface area (Å²) < 4.78 is 0. The van der Waals surface area contributed by atoms with Crippen LogP contribution in [0.15, 0.2) is 0 Å². The highest BCUT2D eigenvalue weighted by Crippen LogP contribution is 2.25. The second-order valence-corrected chi connectivity index (χ2v) is 7.50. The van der Waals surface area contributed by atoms with Gasteiger partial charge in [-0.05, 0) is 69.2 Å². The van der Waals surface area contributed by atoms with Crippen molar-refractivity contribution in [3.8, 4) is 0 Å². The van der Waals surface area contributed by atoms with Crippen molar-refractivity contribution in [3.05, 3.63) is 0 Å². The number of rotatable bonds is 4. The molecule has 3 aliphatic rings. The molecule has 3 heterocycles. The largest absolute Gasteiger partial charge is 0.354 e. The molecule has 2 atom stereocenters. The maximum Gasteiger partial charge on any atom is 0.237 e. The first-order valence-electron chi connectivity index (χ1n) is 8.16. The van der Waals surface area contributed by atoms with E-state index in [4.69, 9.17) is 0 Å². The van der Waals surface area contributed by atoms with Crippen LogP contribution in [-0.2, 0) is 4.79 Å². The van der Waals surface area contributed by atoms with Gasteiger partial charge < -0.3 is 10.6 Å². The number of thioether (sulfide) groups is 1. The Morgan fingerprint density at radius 1 is 1.25 bits per heavy atom. The van der Waals surface area contributed by atoms with Crippen LogP contribution in [0, 0.1) is 5.92 Å². The number of carbonyl (C=O) groups is 1.